The Bertz CT molecular complexity index is 482. The molecule has 1 N–H and O–H groups in total. The largest absolute Gasteiger partial charge is 0.296 e. The first-order chi connectivity index (χ1) is 6.25. The molecule has 1 aromatic rings. The molecule has 78 valence electrons. The molecule has 14 heavy (non-hydrogen) atoms. The second-order valence-electron chi connectivity index (χ2n) is 2.27. The van der Waals surface area contributed by atoms with Crippen molar-refractivity contribution in [2.24, 2.45) is 0 Å². The fourth-order valence-electron chi connectivity index (χ4n) is 0.786. The van der Waals surface area contributed by atoms with Crippen LogP contribution in [0.2, 0.25) is 0 Å². The molecule has 0 amide bonds. The summed E-state index contributed by atoms with van der Waals surface area (Å²) >= 11 is 8.01. The highest BCUT2D eigenvalue weighted by atomic mass is 127. The Morgan fingerprint density at radius 3 is 1.93 bits per heavy atom. The summed E-state index contributed by atoms with van der Waals surface area (Å²) in [6, 6.07) is 1.73. The second kappa shape index (κ2) is 5.14. The molecule has 0 aromatic heterocycles. The lowest BCUT2D eigenvalue weighted by Crippen LogP contribution is -2.06. The molecule has 1 aromatic carbocycles. The molecule has 0 heterocycles. The summed E-state index contributed by atoms with van der Waals surface area (Å²) in [4.78, 5) is 0.00326. The fourth-order valence-corrected chi connectivity index (χ4v) is 7.07. The van der Waals surface area contributed by atoms with E-state index in [-0.39, 0.29) is 4.90 Å². The van der Waals surface area contributed by atoms with E-state index in [1.54, 1.807) is 6.07 Å². The number of halogens is 4. The molecule has 0 aliphatic rings. The van der Waals surface area contributed by atoms with Crippen molar-refractivity contribution in [1.82, 2.24) is 0 Å². The maximum Gasteiger partial charge on any atom is 0.296 e. The molecular formula is C6H2I4O3S. The molecule has 0 saturated heterocycles. The van der Waals surface area contributed by atoms with Crippen molar-refractivity contribution in [3.63, 3.8) is 0 Å². The third kappa shape index (κ3) is 3.04. The van der Waals surface area contributed by atoms with Gasteiger partial charge >= 0.3 is 0 Å². The quantitative estimate of drug-likeness (QED) is 0.218. The summed E-state index contributed by atoms with van der Waals surface area (Å²) in [5.41, 5.74) is 0. The van der Waals surface area contributed by atoms with Crippen molar-refractivity contribution in [3.05, 3.63) is 20.3 Å². The first-order valence-electron chi connectivity index (χ1n) is 3.05. The van der Waals surface area contributed by atoms with Crippen LogP contribution >= 0.6 is 90.4 Å². The van der Waals surface area contributed by atoms with E-state index in [2.05, 4.69) is 45.2 Å². The molecule has 1 rings (SSSR count). The standard InChI is InChI=1S/C6H2I4O3S/c7-2-1-3(8)6(14(11,12)13)5(10)4(2)9/h1H,(H,11,12,13). The van der Waals surface area contributed by atoms with Crippen LogP contribution in [0.3, 0.4) is 0 Å². The Morgan fingerprint density at radius 2 is 1.50 bits per heavy atom. The minimum Gasteiger partial charge on any atom is -0.282 e. The average Bonchev–Trinajstić information content (AvgIpc) is 1.97. The predicted octanol–water partition coefficient (Wildman–Crippen LogP) is 3.35. The fraction of sp³-hybridized carbons (Fsp3) is 0. The first-order valence-corrected chi connectivity index (χ1v) is 8.81. The van der Waals surface area contributed by atoms with E-state index >= 15 is 0 Å². The van der Waals surface area contributed by atoms with Crippen molar-refractivity contribution in [2.45, 2.75) is 4.90 Å². The van der Waals surface area contributed by atoms with Gasteiger partial charge in [-0.15, -0.1) is 0 Å². The molecule has 8 heteroatoms. The highest BCUT2D eigenvalue weighted by Gasteiger charge is 2.21. The number of rotatable bonds is 1. The maximum absolute atomic E-state index is 11.1. The second-order valence-corrected chi connectivity index (χ2v) is 8.11. The van der Waals surface area contributed by atoms with Gasteiger partial charge in [0.05, 0.1) is 0 Å². The predicted molar refractivity (Wildman–Crippen MR) is 87.1 cm³/mol. The van der Waals surface area contributed by atoms with Gasteiger partial charge in [0.15, 0.2) is 0 Å². The lowest BCUT2D eigenvalue weighted by atomic mass is 10.4. The number of hydrogen-bond acceptors (Lipinski definition) is 2. The van der Waals surface area contributed by atoms with Crippen LogP contribution in [-0.2, 0) is 10.1 Å². The van der Waals surface area contributed by atoms with E-state index in [0.717, 1.165) is 7.14 Å². The van der Waals surface area contributed by atoms with Crippen LogP contribution in [0.25, 0.3) is 0 Å². The third-order valence-electron chi connectivity index (χ3n) is 1.33. The summed E-state index contributed by atoms with van der Waals surface area (Å²) in [5.74, 6) is 0. The zero-order valence-corrected chi connectivity index (χ0v) is 15.7. The third-order valence-corrected chi connectivity index (χ3v) is 8.97. The van der Waals surface area contributed by atoms with Crippen LogP contribution in [0.15, 0.2) is 11.0 Å². The van der Waals surface area contributed by atoms with Gasteiger partial charge in [-0.1, -0.05) is 0 Å². The van der Waals surface area contributed by atoms with Crippen LogP contribution in [0.5, 0.6) is 0 Å². The van der Waals surface area contributed by atoms with Crippen molar-refractivity contribution in [2.75, 3.05) is 0 Å². The molecule has 0 aliphatic carbocycles. The summed E-state index contributed by atoms with van der Waals surface area (Å²) < 4.78 is 34.1. The summed E-state index contributed by atoms with van der Waals surface area (Å²) in [5, 5.41) is 0. The normalized spacial score (nSPS) is 11.8. The zero-order chi connectivity index (χ0) is 11.1. The average molecular weight is 662 g/mol. The topological polar surface area (TPSA) is 54.4 Å². The van der Waals surface area contributed by atoms with Gasteiger partial charge in [-0.25, -0.2) is 0 Å². The summed E-state index contributed by atoms with van der Waals surface area (Å²) in [7, 11) is -4.13. The van der Waals surface area contributed by atoms with E-state index in [0.29, 0.717) is 7.14 Å². The Balaban J connectivity index is 3.70. The van der Waals surface area contributed by atoms with Crippen LogP contribution in [-0.4, -0.2) is 13.0 Å². The van der Waals surface area contributed by atoms with Crippen LogP contribution in [0, 0.1) is 14.3 Å². The summed E-state index contributed by atoms with van der Waals surface area (Å²) in [6.07, 6.45) is 0. The Hall–Kier alpha value is 2.05. The van der Waals surface area contributed by atoms with E-state index in [4.69, 9.17) is 4.55 Å². The lowest BCUT2D eigenvalue weighted by molar-refractivity contribution is 0.482. The van der Waals surface area contributed by atoms with Crippen LogP contribution < -0.4 is 0 Å². The molecule has 0 fully saturated rings. The molecule has 0 spiro atoms. The van der Waals surface area contributed by atoms with Crippen LogP contribution in [0.1, 0.15) is 0 Å². The van der Waals surface area contributed by atoms with Crippen molar-refractivity contribution in [3.8, 4) is 0 Å². The van der Waals surface area contributed by atoms with Gasteiger partial charge in [0, 0.05) is 14.3 Å². The van der Waals surface area contributed by atoms with Gasteiger partial charge in [-0.3, -0.25) is 4.55 Å². The van der Waals surface area contributed by atoms with Crippen molar-refractivity contribution < 1.29 is 13.0 Å². The van der Waals surface area contributed by atoms with Gasteiger partial charge in [-0.05, 0) is 96.4 Å². The summed E-state index contributed by atoms with van der Waals surface area (Å²) in [6.45, 7) is 0. The van der Waals surface area contributed by atoms with Crippen molar-refractivity contribution >= 4 is 100 Å². The zero-order valence-electron chi connectivity index (χ0n) is 6.26. The monoisotopic (exact) mass is 662 g/mol. The molecular weight excluding hydrogens is 660 g/mol. The van der Waals surface area contributed by atoms with Gasteiger partial charge in [0.1, 0.15) is 4.90 Å². The molecule has 3 nitrogen and oxygen atoms in total. The molecule has 0 saturated carbocycles. The Labute approximate surface area is 136 Å². The van der Waals surface area contributed by atoms with Gasteiger partial charge in [-0.2, -0.15) is 8.42 Å². The van der Waals surface area contributed by atoms with Gasteiger partial charge in [0.2, 0.25) is 0 Å². The van der Waals surface area contributed by atoms with Crippen molar-refractivity contribution in [1.29, 1.82) is 0 Å². The Kier molecular flexibility index (Phi) is 5.18. The highest BCUT2D eigenvalue weighted by Crippen LogP contribution is 2.31. The lowest BCUT2D eigenvalue weighted by Gasteiger charge is -2.07. The smallest absolute Gasteiger partial charge is 0.282 e. The minimum atomic E-state index is -4.13. The molecule has 0 bridgehead atoms. The Morgan fingerprint density at radius 1 is 1.00 bits per heavy atom. The minimum absolute atomic E-state index is 0.00326. The number of hydrogen-bond donors (Lipinski definition) is 1. The molecule has 0 atom stereocenters. The van der Waals surface area contributed by atoms with E-state index in [9.17, 15) is 8.42 Å². The molecule has 0 unspecified atom stereocenters. The SMILES string of the molecule is O=S(=O)(O)c1c(I)cc(I)c(I)c1I. The van der Waals surface area contributed by atoms with Crippen LogP contribution in [0.4, 0.5) is 0 Å². The van der Waals surface area contributed by atoms with E-state index in [1.165, 1.54) is 0 Å². The molecule has 0 aliphatic heterocycles. The highest BCUT2D eigenvalue weighted by molar-refractivity contribution is 14.1. The van der Waals surface area contributed by atoms with E-state index < -0.39 is 10.1 Å². The maximum atomic E-state index is 11.1. The number of benzene rings is 1. The molecule has 0 radical (unpaired) electrons. The first kappa shape index (κ1) is 14.1. The van der Waals surface area contributed by atoms with Gasteiger partial charge < -0.3 is 0 Å². The van der Waals surface area contributed by atoms with Gasteiger partial charge in [0.25, 0.3) is 10.1 Å². The van der Waals surface area contributed by atoms with E-state index in [1.807, 2.05) is 45.2 Å².